The minimum atomic E-state index is -3.70. The molecule has 0 aliphatic carbocycles. The molecule has 2 heterocycles. The first-order valence-corrected chi connectivity index (χ1v) is 12.3. The number of carbonyl (C=O) groups excluding carboxylic acids is 1. The first-order valence-electron chi connectivity index (χ1n) is 8.01. The van der Waals surface area contributed by atoms with E-state index in [2.05, 4.69) is 0 Å². The Bertz CT molecular complexity index is 1140. The summed E-state index contributed by atoms with van der Waals surface area (Å²) in [6.07, 6.45) is 1.83. The molecule has 3 aromatic rings. The van der Waals surface area contributed by atoms with Crippen molar-refractivity contribution in [2.75, 3.05) is 17.6 Å². The van der Waals surface area contributed by atoms with Crippen LogP contribution < -0.4 is 4.31 Å². The maximum Gasteiger partial charge on any atom is 0.266 e. The highest BCUT2D eigenvalue weighted by molar-refractivity contribution is 8.14. The molecule has 1 aliphatic rings. The minimum absolute atomic E-state index is 0.141. The van der Waals surface area contributed by atoms with Crippen LogP contribution in [0.3, 0.4) is 0 Å². The molecule has 4 nitrogen and oxygen atoms in total. The number of benzene rings is 2. The highest BCUT2D eigenvalue weighted by Gasteiger charge is 2.39. The minimum Gasteiger partial charge on any atom is -0.280 e. The van der Waals surface area contributed by atoms with E-state index in [-0.39, 0.29) is 10.0 Å². The van der Waals surface area contributed by atoms with Crippen LogP contribution >= 0.6 is 34.9 Å². The van der Waals surface area contributed by atoms with E-state index >= 15 is 0 Å². The first-order chi connectivity index (χ1) is 12.9. The lowest BCUT2D eigenvalue weighted by atomic mass is 10.0. The molecule has 0 saturated heterocycles. The maximum absolute atomic E-state index is 13.1. The van der Waals surface area contributed by atoms with Gasteiger partial charge >= 0.3 is 0 Å². The van der Waals surface area contributed by atoms with Gasteiger partial charge in [0.15, 0.2) is 0 Å². The van der Waals surface area contributed by atoms with Crippen LogP contribution in [0.5, 0.6) is 0 Å². The Morgan fingerprint density at radius 2 is 1.70 bits per heavy atom. The van der Waals surface area contributed by atoms with Crippen LogP contribution in [-0.4, -0.2) is 26.8 Å². The van der Waals surface area contributed by atoms with Crippen molar-refractivity contribution in [3.63, 3.8) is 0 Å². The Morgan fingerprint density at radius 1 is 1.04 bits per heavy atom. The summed E-state index contributed by atoms with van der Waals surface area (Å²) in [6, 6.07) is 16.7. The molecule has 0 bridgehead atoms. The average Bonchev–Trinajstić information content (AvgIpc) is 3.08. The van der Waals surface area contributed by atoms with Crippen LogP contribution in [0, 0.1) is 0 Å². The van der Waals surface area contributed by atoms with Crippen molar-refractivity contribution in [2.45, 2.75) is 14.0 Å². The number of para-hydroxylation sites is 1. The quantitative estimate of drug-likeness (QED) is 0.531. The van der Waals surface area contributed by atoms with Gasteiger partial charge in [-0.05, 0) is 36.2 Å². The second-order valence-corrected chi connectivity index (χ2v) is 10.9. The zero-order chi connectivity index (χ0) is 19.2. The SMILES string of the molecule is CSc1sc(C(=O)Sc2ccccc2)c2c1S(=O)(=O)N(C)c1ccccc1-2. The fourth-order valence-electron chi connectivity index (χ4n) is 3.02. The standard InChI is InChI=1S/C19H15NO3S4/c1-20-14-11-7-6-10-13(14)15-16(18(21)25-12-8-4-3-5-9-12)26-19(24-2)17(15)27(20,22)23/h3-11H,1-2H3. The number of nitrogens with zero attached hydrogens (tertiary/aromatic N) is 1. The topological polar surface area (TPSA) is 54.5 Å². The molecule has 4 rings (SSSR count). The number of rotatable bonds is 3. The van der Waals surface area contributed by atoms with Gasteiger partial charge in [0.05, 0.1) is 14.8 Å². The average molecular weight is 434 g/mol. The molecule has 1 aliphatic heterocycles. The maximum atomic E-state index is 13.1. The lowest BCUT2D eigenvalue weighted by Gasteiger charge is -2.28. The van der Waals surface area contributed by atoms with E-state index in [1.807, 2.05) is 48.7 Å². The Hall–Kier alpha value is -1.74. The summed E-state index contributed by atoms with van der Waals surface area (Å²) in [7, 11) is -2.15. The van der Waals surface area contributed by atoms with Crippen LogP contribution in [-0.2, 0) is 10.0 Å². The van der Waals surface area contributed by atoms with Gasteiger partial charge in [-0.15, -0.1) is 23.1 Å². The molecule has 27 heavy (non-hydrogen) atoms. The lowest BCUT2D eigenvalue weighted by molar-refractivity contribution is 0.109. The van der Waals surface area contributed by atoms with Crippen molar-refractivity contribution < 1.29 is 13.2 Å². The van der Waals surface area contributed by atoms with E-state index in [9.17, 15) is 13.2 Å². The van der Waals surface area contributed by atoms with Crippen molar-refractivity contribution >= 4 is 55.7 Å². The number of anilines is 1. The van der Waals surface area contributed by atoms with Gasteiger partial charge in [0.1, 0.15) is 4.90 Å². The Balaban J connectivity index is 1.94. The zero-order valence-corrected chi connectivity index (χ0v) is 17.8. The normalized spacial score (nSPS) is 14.5. The number of fused-ring (bicyclic) bond motifs is 3. The molecule has 0 saturated carbocycles. The van der Waals surface area contributed by atoms with Crippen molar-refractivity contribution in [3.05, 3.63) is 59.5 Å². The molecule has 0 atom stereocenters. The molecule has 0 unspecified atom stereocenters. The predicted molar refractivity (Wildman–Crippen MR) is 114 cm³/mol. The second kappa shape index (κ2) is 7.01. The number of thiophene rings is 1. The van der Waals surface area contributed by atoms with Gasteiger partial charge in [0, 0.05) is 23.1 Å². The van der Waals surface area contributed by atoms with Crippen LogP contribution in [0.1, 0.15) is 9.67 Å². The molecule has 0 amide bonds. The summed E-state index contributed by atoms with van der Waals surface area (Å²) in [5.74, 6) is 0. The third kappa shape index (κ3) is 3.00. The number of hydrogen-bond donors (Lipinski definition) is 0. The van der Waals surface area contributed by atoms with Crippen molar-refractivity contribution in [1.29, 1.82) is 0 Å². The summed E-state index contributed by atoms with van der Waals surface area (Å²) in [5, 5.41) is -0.141. The van der Waals surface area contributed by atoms with Gasteiger partial charge < -0.3 is 0 Å². The molecule has 2 aromatic carbocycles. The molecule has 138 valence electrons. The molecule has 0 spiro atoms. The Morgan fingerprint density at radius 3 is 2.41 bits per heavy atom. The number of sulfonamides is 1. The lowest BCUT2D eigenvalue weighted by Crippen LogP contribution is -2.30. The Labute approximate surface area is 170 Å². The monoisotopic (exact) mass is 433 g/mol. The summed E-state index contributed by atoms with van der Waals surface area (Å²) in [4.78, 5) is 14.6. The highest BCUT2D eigenvalue weighted by atomic mass is 32.2. The van der Waals surface area contributed by atoms with E-state index in [1.165, 1.54) is 27.4 Å². The van der Waals surface area contributed by atoms with E-state index in [0.717, 1.165) is 22.2 Å². The van der Waals surface area contributed by atoms with E-state index in [0.29, 0.717) is 20.3 Å². The van der Waals surface area contributed by atoms with Crippen LogP contribution in [0.4, 0.5) is 5.69 Å². The summed E-state index contributed by atoms with van der Waals surface area (Å²) in [5.41, 5.74) is 1.90. The molecule has 0 N–H and O–H groups in total. The van der Waals surface area contributed by atoms with Crippen LogP contribution in [0.15, 0.2) is 68.6 Å². The Kier molecular flexibility index (Phi) is 4.84. The number of hydrogen-bond acceptors (Lipinski definition) is 6. The van der Waals surface area contributed by atoms with Crippen molar-refractivity contribution in [3.8, 4) is 11.1 Å². The first kappa shape index (κ1) is 18.6. The molecule has 0 fully saturated rings. The zero-order valence-electron chi connectivity index (χ0n) is 14.5. The molecule has 8 heteroatoms. The van der Waals surface area contributed by atoms with E-state index in [4.69, 9.17) is 0 Å². The van der Waals surface area contributed by atoms with Crippen molar-refractivity contribution in [2.24, 2.45) is 0 Å². The van der Waals surface area contributed by atoms with Crippen LogP contribution in [0.2, 0.25) is 0 Å². The largest absolute Gasteiger partial charge is 0.280 e. The molecule has 0 radical (unpaired) electrons. The summed E-state index contributed by atoms with van der Waals surface area (Å²) in [6.45, 7) is 0. The van der Waals surface area contributed by atoms with E-state index < -0.39 is 10.0 Å². The van der Waals surface area contributed by atoms with Crippen molar-refractivity contribution in [1.82, 2.24) is 0 Å². The number of carbonyl (C=O) groups is 1. The molecule has 1 aromatic heterocycles. The fraction of sp³-hybridized carbons (Fsp3) is 0.105. The van der Waals surface area contributed by atoms with Gasteiger partial charge in [-0.1, -0.05) is 36.4 Å². The van der Waals surface area contributed by atoms with E-state index in [1.54, 1.807) is 19.2 Å². The van der Waals surface area contributed by atoms with Gasteiger partial charge in [-0.3, -0.25) is 9.10 Å². The predicted octanol–water partition coefficient (Wildman–Crippen LogP) is 5.21. The van der Waals surface area contributed by atoms with Gasteiger partial charge in [-0.25, -0.2) is 8.42 Å². The highest BCUT2D eigenvalue weighted by Crippen LogP contribution is 2.52. The smallest absolute Gasteiger partial charge is 0.266 e. The van der Waals surface area contributed by atoms with Crippen LogP contribution in [0.25, 0.3) is 11.1 Å². The van der Waals surface area contributed by atoms with Gasteiger partial charge in [0.25, 0.3) is 10.0 Å². The number of thioether (sulfide) groups is 2. The van der Waals surface area contributed by atoms with Gasteiger partial charge in [0.2, 0.25) is 5.12 Å². The summed E-state index contributed by atoms with van der Waals surface area (Å²) < 4.78 is 28.2. The summed E-state index contributed by atoms with van der Waals surface area (Å²) >= 11 is 3.74. The van der Waals surface area contributed by atoms with Gasteiger partial charge in [-0.2, -0.15) is 0 Å². The molecular formula is C19H15NO3S4. The second-order valence-electron chi connectivity index (χ2n) is 5.82. The fourth-order valence-corrected chi connectivity index (χ4v) is 8.06. The molecular weight excluding hydrogens is 418 g/mol. The third-order valence-corrected chi connectivity index (χ3v) is 9.72. The third-order valence-electron chi connectivity index (χ3n) is 4.29.